The van der Waals surface area contributed by atoms with Crippen molar-refractivity contribution in [1.29, 1.82) is 0 Å². The van der Waals surface area contributed by atoms with E-state index in [1.807, 2.05) is 6.92 Å². The van der Waals surface area contributed by atoms with Gasteiger partial charge in [0.15, 0.2) is 4.77 Å². The molecule has 0 atom stereocenters. The minimum atomic E-state index is 0.115. The summed E-state index contributed by atoms with van der Waals surface area (Å²) in [4.78, 5) is 13.6. The number of nitrogens with zero attached hydrogens (tertiary/aromatic N) is 1. The molecule has 11 heavy (non-hydrogen) atoms. The molecule has 0 saturated heterocycles. The van der Waals surface area contributed by atoms with Gasteiger partial charge < -0.3 is 9.55 Å². The first kappa shape index (κ1) is 8.20. The van der Waals surface area contributed by atoms with Crippen molar-refractivity contribution >= 4 is 18.0 Å². The SMILES string of the molecule is CC(=O)Cn1c(C)c[nH]c1=S. The van der Waals surface area contributed by atoms with E-state index in [4.69, 9.17) is 12.2 Å². The highest BCUT2D eigenvalue weighted by Gasteiger charge is 2.00. The Morgan fingerprint density at radius 3 is 2.82 bits per heavy atom. The van der Waals surface area contributed by atoms with Crippen LogP contribution in [0.2, 0.25) is 0 Å². The van der Waals surface area contributed by atoms with Gasteiger partial charge in [0.1, 0.15) is 5.78 Å². The molecule has 1 aromatic heterocycles. The van der Waals surface area contributed by atoms with Crippen LogP contribution in [0.3, 0.4) is 0 Å². The zero-order valence-electron chi connectivity index (χ0n) is 6.55. The maximum atomic E-state index is 10.7. The summed E-state index contributed by atoms with van der Waals surface area (Å²) in [6, 6.07) is 0. The van der Waals surface area contributed by atoms with Crippen LogP contribution in [0.25, 0.3) is 0 Å². The minimum absolute atomic E-state index is 0.115. The fourth-order valence-electron chi connectivity index (χ4n) is 0.901. The third-order valence-corrected chi connectivity index (χ3v) is 1.79. The summed E-state index contributed by atoms with van der Waals surface area (Å²) >= 11 is 4.95. The number of imidazole rings is 1. The number of hydrogen-bond acceptors (Lipinski definition) is 2. The predicted octanol–water partition coefficient (Wildman–Crippen LogP) is 1.44. The van der Waals surface area contributed by atoms with Crippen molar-refractivity contribution in [2.75, 3.05) is 0 Å². The second-order valence-electron chi connectivity index (χ2n) is 2.52. The van der Waals surface area contributed by atoms with Crippen LogP contribution in [0.1, 0.15) is 12.6 Å². The van der Waals surface area contributed by atoms with Crippen LogP contribution in [-0.4, -0.2) is 15.3 Å². The Bertz CT molecular complexity index is 323. The summed E-state index contributed by atoms with van der Waals surface area (Å²) in [5.41, 5.74) is 0.991. The van der Waals surface area contributed by atoms with E-state index in [2.05, 4.69) is 4.98 Å². The van der Waals surface area contributed by atoms with E-state index in [0.717, 1.165) is 5.69 Å². The average Bonchev–Trinajstić information content (AvgIpc) is 2.18. The van der Waals surface area contributed by atoms with Crippen LogP contribution in [0.5, 0.6) is 0 Å². The number of nitrogens with one attached hydrogen (secondary N) is 1. The maximum absolute atomic E-state index is 10.7. The van der Waals surface area contributed by atoms with Crippen molar-refractivity contribution in [2.24, 2.45) is 0 Å². The molecule has 1 heterocycles. The topological polar surface area (TPSA) is 37.8 Å². The number of rotatable bonds is 2. The van der Waals surface area contributed by atoms with E-state index in [9.17, 15) is 4.79 Å². The van der Waals surface area contributed by atoms with Crippen molar-refractivity contribution < 1.29 is 4.79 Å². The molecular formula is C7H10N2OS. The van der Waals surface area contributed by atoms with E-state index in [0.29, 0.717) is 11.3 Å². The Morgan fingerprint density at radius 1 is 1.82 bits per heavy atom. The van der Waals surface area contributed by atoms with Gasteiger partial charge >= 0.3 is 0 Å². The van der Waals surface area contributed by atoms with Crippen molar-refractivity contribution in [2.45, 2.75) is 20.4 Å². The van der Waals surface area contributed by atoms with Crippen LogP contribution in [0, 0.1) is 11.7 Å². The Balaban J connectivity index is 3.01. The smallest absolute Gasteiger partial charge is 0.177 e. The van der Waals surface area contributed by atoms with Gasteiger partial charge in [0.25, 0.3) is 0 Å². The molecule has 60 valence electrons. The van der Waals surface area contributed by atoms with Gasteiger partial charge in [-0.3, -0.25) is 4.79 Å². The Kier molecular flexibility index (Phi) is 2.24. The summed E-state index contributed by atoms with van der Waals surface area (Å²) in [7, 11) is 0. The monoisotopic (exact) mass is 170 g/mol. The molecule has 1 aromatic rings. The number of carbonyl (C=O) groups is 1. The number of aryl methyl sites for hydroxylation is 1. The summed E-state index contributed by atoms with van der Waals surface area (Å²) in [6.07, 6.45) is 1.80. The molecule has 0 saturated carbocycles. The highest BCUT2D eigenvalue weighted by molar-refractivity contribution is 7.71. The number of aromatic amines is 1. The molecule has 0 aliphatic carbocycles. The van der Waals surface area contributed by atoms with E-state index in [1.54, 1.807) is 17.7 Å². The van der Waals surface area contributed by atoms with E-state index in [-0.39, 0.29) is 5.78 Å². The third-order valence-electron chi connectivity index (χ3n) is 1.46. The third kappa shape index (κ3) is 1.77. The highest BCUT2D eigenvalue weighted by atomic mass is 32.1. The van der Waals surface area contributed by atoms with Crippen LogP contribution < -0.4 is 0 Å². The van der Waals surface area contributed by atoms with Crippen LogP contribution in [0.4, 0.5) is 0 Å². The van der Waals surface area contributed by atoms with Gasteiger partial charge in [-0.15, -0.1) is 0 Å². The molecule has 0 fully saturated rings. The van der Waals surface area contributed by atoms with Gasteiger partial charge in [-0.25, -0.2) is 0 Å². The summed E-state index contributed by atoms with van der Waals surface area (Å²) in [5.74, 6) is 0.115. The first-order valence-electron chi connectivity index (χ1n) is 3.35. The molecule has 0 aromatic carbocycles. The summed E-state index contributed by atoms with van der Waals surface area (Å²) in [6.45, 7) is 3.83. The van der Waals surface area contributed by atoms with Gasteiger partial charge in [0.05, 0.1) is 6.54 Å². The molecule has 0 unspecified atom stereocenters. The molecule has 0 spiro atoms. The molecule has 0 amide bonds. The lowest BCUT2D eigenvalue weighted by Gasteiger charge is -1.99. The largest absolute Gasteiger partial charge is 0.337 e. The van der Waals surface area contributed by atoms with Gasteiger partial charge in [0, 0.05) is 11.9 Å². The Morgan fingerprint density at radius 2 is 2.45 bits per heavy atom. The molecule has 3 nitrogen and oxygen atoms in total. The fourth-order valence-corrected chi connectivity index (χ4v) is 1.17. The zero-order valence-corrected chi connectivity index (χ0v) is 7.36. The Labute approximate surface area is 70.1 Å². The van der Waals surface area contributed by atoms with Gasteiger partial charge in [-0.1, -0.05) is 0 Å². The summed E-state index contributed by atoms with van der Waals surface area (Å²) in [5, 5.41) is 0. The normalized spacial score (nSPS) is 10.0. The van der Waals surface area contributed by atoms with Crippen LogP contribution >= 0.6 is 12.2 Å². The molecule has 4 heteroatoms. The lowest BCUT2D eigenvalue weighted by molar-refractivity contribution is -0.117. The van der Waals surface area contributed by atoms with E-state index < -0.39 is 0 Å². The lowest BCUT2D eigenvalue weighted by Crippen LogP contribution is -2.07. The summed E-state index contributed by atoms with van der Waals surface area (Å²) < 4.78 is 2.38. The van der Waals surface area contributed by atoms with Crippen molar-refractivity contribution in [1.82, 2.24) is 9.55 Å². The standard InChI is InChI=1S/C7H10N2OS/c1-5-3-8-7(11)9(5)4-6(2)10/h3H,4H2,1-2H3,(H,8,11). The van der Waals surface area contributed by atoms with Gasteiger partial charge in [0.2, 0.25) is 0 Å². The number of H-pyrrole nitrogens is 1. The quantitative estimate of drug-likeness (QED) is 0.682. The zero-order chi connectivity index (χ0) is 8.43. The lowest BCUT2D eigenvalue weighted by atomic mass is 10.4. The molecule has 1 rings (SSSR count). The fraction of sp³-hybridized carbons (Fsp3) is 0.429. The Hall–Kier alpha value is -0.900. The number of aromatic nitrogens is 2. The highest BCUT2D eigenvalue weighted by Crippen LogP contribution is 1.98. The molecule has 0 bridgehead atoms. The second-order valence-corrected chi connectivity index (χ2v) is 2.91. The number of carbonyl (C=O) groups excluding carboxylic acids is 1. The van der Waals surface area contributed by atoms with Crippen molar-refractivity contribution in [3.05, 3.63) is 16.7 Å². The second kappa shape index (κ2) is 3.00. The molecule has 0 aliphatic rings. The van der Waals surface area contributed by atoms with Gasteiger partial charge in [-0.05, 0) is 26.1 Å². The van der Waals surface area contributed by atoms with Crippen molar-refractivity contribution in [3.8, 4) is 0 Å². The first-order valence-corrected chi connectivity index (χ1v) is 3.76. The predicted molar refractivity (Wildman–Crippen MR) is 45.0 cm³/mol. The number of Topliss-reactive ketones (excluding diaryl/α,β-unsaturated/α-hetero) is 1. The van der Waals surface area contributed by atoms with Gasteiger partial charge in [-0.2, -0.15) is 0 Å². The maximum Gasteiger partial charge on any atom is 0.177 e. The van der Waals surface area contributed by atoms with Crippen LogP contribution in [0.15, 0.2) is 6.20 Å². The average molecular weight is 170 g/mol. The molecule has 1 N–H and O–H groups in total. The molecule has 0 aliphatic heterocycles. The van der Waals surface area contributed by atoms with E-state index in [1.165, 1.54) is 0 Å². The molecular weight excluding hydrogens is 160 g/mol. The molecule has 0 radical (unpaired) electrons. The minimum Gasteiger partial charge on any atom is -0.337 e. The number of ketones is 1. The number of hydrogen-bond donors (Lipinski definition) is 1. The van der Waals surface area contributed by atoms with Crippen LogP contribution in [-0.2, 0) is 11.3 Å². The van der Waals surface area contributed by atoms with Crippen molar-refractivity contribution in [3.63, 3.8) is 0 Å². The van der Waals surface area contributed by atoms with E-state index >= 15 is 0 Å². The first-order chi connectivity index (χ1) is 5.11.